The first kappa shape index (κ1) is 16.4. The summed E-state index contributed by atoms with van der Waals surface area (Å²) < 4.78 is 48.7. The molecule has 1 aromatic rings. The third-order valence-electron chi connectivity index (χ3n) is 2.90. The van der Waals surface area contributed by atoms with Gasteiger partial charge in [0, 0.05) is 11.1 Å². The van der Waals surface area contributed by atoms with Crippen molar-refractivity contribution in [1.82, 2.24) is 0 Å². The van der Waals surface area contributed by atoms with E-state index in [2.05, 4.69) is 4.74 Å². The van der Waals surface area contributed by atoms with Crippen LogP contribution in [0.15, 0.2) is 17.7 Å². The number of alkyl halides is 3. The number of benzene rings is 1. The Morgan fingerprint density at radius 3 is 2.68 bits per heavy atom. The highest BCUT2D eigenvalue weighted by Gasteiger charge is 2.48. The highest BCUT2D eigenvalue weighted by atomic mass is 35.5. The van der Waals surface area contributed by atoms with Crippen LogP contribution in [0.3, 0.4) is 0 Å². The fourth-order valence-electron chi connectivity index (χ4n) is 1.95. The Bertz CT molecular complexity index is 652. The molecule has 4 nitrogen and oxygen atoms in total. The first-order chi connectivity index (χ1) is 10.3. The molecule has 0 N–H and O–H groups in total. The van der Waals surface area contributed by atoms with Crippen molar-refractivity contribution in [2.75, 3.05) is 6.61 Å². The van der Waals surface area contributed by atoms with Crippen LogP contribution < -0.4 is 4.74 Å². The molecular weight excluding hydrogens is 325 g/mol. The second-order valence-corrected chi connectivity index (χ2v) is 4.80. The van der Waals surface area contributed by atoms with Gasteiger partial charge in [-0.15, -0.1) is 0 Å². The fraction of sp³-hybridized carbons (Fsp3) is 0.286. The zero-order valence-corrected chi connectivity index (χ0v) is 12.0. The molecule has 1 heterocycles. The van der Waals surface area contributed by atoms with Gasteiger partial charge in [0.15, 0.2) is 6.29 Å². The highest BCUT2D eigenvalue weighted by molar-refractivity contribution is 6.33. The SMILES string of the molecule is CCOC(=O)C1=Cc2cc(Cl)c(C=O)cc2OC1C(F)(F)F. The van der Waals surface area contributed by atoms with E-state index < -0.39 is 23.8 Å². The summed E-state index contributed by atoms with van der Waals surface area (Å²) in [7, 11) is 0. The summed E-state index contributed by atoms with van der Waals surface area (Å²) in [5, 5.41) is 0.0438. The smallest absolute Gasteiger partial charge is 0.430 e. The van der Waals surface area contributed by atoms with Crippen molar-refractivity contribution in [1.29, 1.82) is 0 Å². The summed E-state index contributed by atoms with van der Waals surface area (Å²) in [6.07, 6.45) is -5.86. The lowest BCUT2D eigenvalue weighted by Crippen LogP contribution is -2.40. The number of hydrogen-bond donors (Lipinski definition) is 0. The monoisotopic (exact) mass is 334 g/mol. The molecule has 1 unspecified atom stereocenters. The first-order valence-electron chi connectivity index (χ1n) is 6.18. The Balaban J connectivity index is 2.55. The van der Waals surface area contributed by atoms with Gasteiger partial charge in [0.2, 0.25) is 6.10 Å². The third kappa shape index (κ3) is 3.09. The molecule has 2 rings (SSSR count). The van der Waals surface area contributed by atoms with Crippen LogP contribution in [0, 0.1) is 0 Å². The molecule has 0 saturated carbocycles. The van der Waals surface area contributed by atoms with E-state index in [1.165, 1.54) is 13.0 Å². The molecule has 22 heavy (non-hydrogen) atoms. The van der Waals surface area contributed by atoms with E-state index >= 15 is 0 Å². The normalized spacial score (nSPS) is 17.1. The maximum absolute atomic E-state index is 13.1. The molecule has 0 bridgehead atoms. The molecule has 1 atom stereocenters. The number of ether oxygens (including phenoxy) is 2. The van der Waals surface area contributed by atoms with Crippen molar-refractivity contribution >= 4 is 29.9 Å². The van der Waals surface area contributed by atoms with Gasteiger partial charge in [-0.1, -0.05) is 11.6 Å². The summed E-state index contributed by atoms with van der Waals surface area (Å²) in [6, 6.07) is 2.36. The summed E-state index contributed by atoms with van der Waals surface area (Å²) >= 11 is 5.82. The lowest BCUT2D eigenvalue weighted by Gasteiger charge is -2.28. The minimum atomic E-state index is -4.81. The van der Waals surface area contributed by atoms with Gasteiger partial charge in [-0.3, -0.25) is 4.79 Å². The minimum Gasteiger partial charge on any atom is -0.475 e. The molecule has 0 saturated heterocycles. The number of carbonyl (C=O) groups is 2. The van der Waals surface area contributed by atoms with Crippen LogP contribution in [-0.4, -0.2) is 31.1 Å². The zero-order chi connectivity index (χ0) is 16.5. The molecule has 1 aromatic carbocycles. The predicted molar refractivity (Wildman–Crippen MR) is 71.9 cm³/mol. The third-order valence-corrected chi connectivity index (χ3v) is 3.23. The minimum absolute atomic E-state index is 0.00525. The fourth-order valence-corrected chi connectivity index (χ4v) is 2.16. The summed E-state index contributed by atoms with van der Waals surface area (Å²) in [6.45, 7) is 1.41. The van der Waals surface area contributed by atoms with Crippen LogP contribution in [0.4, 0.5) is 13.2 Å². The largest absolute Gasteiger partial charge is 0.475 e. The maximum atomic E-state index is 13.1. The van der Waals surface area contributed by atoms with Crippen molar-refractivity contribution in [2.45, 2.75) is 19.2 Å². The Hall–Kier alpha value is -2.02. The van der Waals surface area contributed by atoms with Gasteiger partial charge in [0.05, 0.1) is 17.2 Å². The van der Waals surface area contributed by atoms with Crippen molar-refractivity contribution in [3.63, 3.8) is 0 Å². The van der Waals surface area contributed by atoms with Gasteiger partial charge in [0.1, 0.15) is 5.75 Å². The summed E-state index contributed by atoms with van der Waals surface area (Å²) in [5.74, 6) is -1.30. The molecule has 1 aliphatic rings. The molecule has 8 heteroatoms. The average molecular weight is 335 g/mol. The van der Waals surface area contributed by atoms with Gasteiger partial charge < -0.3 is 9.47 Å². The van der Waals surface area contributed by atoms with Crippen molar-refractivity contribution in [3.8, 4) is 5.75 Å². The van der Waals surface area contributed by atoms with E-state index in [0.717, 1.165) is 12.1 Å². The quantitative estimate of drug-likeness (QED) is 0.628. The van der Waals surface area contributed by atoms with E-state index in [1.807, 2.05) is 0 Å². The van der Waals surface area contributed by atoms with E-state index in [4.69, 9.17) is 16.3 Å². The van der Waals surface area contributed by atoms with Crippen LogP contribution in [0.5, 0.6) is 5.75 Å². The second-order valence-electron chi connectivity index (χ2n) is 4.39. The number of rotatable bonds is 3. The molecule has 0 spiro atoms. The van der Waals surface area contributed by atoms with E-state index in [-0.39, 0.29) is 28.5 Å². The lowest BCUT2D eigenvalue weighted by atomic mass is 10.00. The molecule has 0 amide bonds. The Labute approximate surface area is 128 Å². The predicted octanol–water partition coefficient (Wildman–Crippen LogP) is 3.42. The number of aldehydes is 1. The van der Waals surface area contributed by atoms with Crippen LogP contribution in [0.25, 0.3) is 6.08 Å². The lowest BCUT2D eigenvalue weighted by molar-refractivity contribution is -0.187. The van der Waals surface area contributed by atoms with Gasteiger partial charge in [0.25, 0.3) is 0 Å². The van der Waals surface area contributed by atoms with Crippen LogP contribution in [-0.2, 0) is 9.53 Å². The van der Waals surface area contributed by atoms with Gasteiger partial charge in [-0.05, 0) is 25.1 Å². The molecule has 1 aliphatic heterocycles. The standard InChI is InChI=1S/C14H10ClF3O4/c1-2-21-13(20)9-3-7-4-10(15)8(6-19)5-11(7)22-12(9)14(16,17)18/h3-6,12H,2H2,1H3. The number of fused-ring (bicyclic) bond motifs is 1. The Morgan fingerprint density at radius 1 is 1.45 bits per heavy atom. The van der Waals surface area contributed by atoms with Crippen LogP contribution >= 0.6 is 11.6 Å². The van der Waals surface area contributed by atoms with Crippen molar-refractivity contribution in [3.05, 3.63) is 33.9 Å². The topological polar surface area (TPSA) is 52.6 Å². The second kappa shape index (κ2) is 6.00. The number of halogens is 4. The zero-order valence-electron chi connectivity index (χ0n) is 11.2. The number of carbonyl (C=O) groups excluding carboxylic acids is 2. The number of hydrogen-bond acceptors (Lipinski definition) is 4. The molecule has 0 fully saturated rings. The summed E-state index contributed by atoms with van der Waals surface area (Å²) in [4.78, 5) is 22.5. The van der Waals surface area contributed by atoms with Gasteiger partial charge in [-0.2, -0.15) is 13.2 Å². The highest BCUT2D eigenvalue weighted by Crippen LogP contribution is 2.39. The van der Waals surface area contributed by atoms with Gasteiger partial charge >= 0.3 is 12.1 Å². The van der Waals surface area contributed by atoms with Gasteiger partial charge in [-0.25, -0.2) is 4.79 Å². The summed E-state index contributed by atoms with van der Waals surface area (Å²) in [5.41, 5.74) is -0.509. The van der Waals surface area contributed by atoms with Crippen molar-refractivity contribution < 1.29 is 32.2 Å². The van der Waals surface area contributed by atoms with E-state index in [9.17, 15) is 22.8 Å². The first-order valence-corrected chi connectivity index (χ1v) is 6.56. The Kier molecular flexibility index (Phi) is 4.46. The van der Waals surface area contributed by atoms with E-state index in [0.29, 0.717) is 6.29 Å². The molecule has 0 aliphatic carbocycles. The average Bonchev–Trinajstić information content (AvgIpc) is 2.44. The van der Waals surface area contributed by atoms with Crippen LogP contribution in [0.2, 0.25) is 5.02 Å². The Morgan fingerprint density at radius 2 is 2.14 bits per heavy atom. The maximum Gasteiger partial charge on any atom is 0.430 e. The molecular formula is C14H10ClF3O4. The number of esters is 1. The molecule has 0 radical (unpaired) electrons. The molecule has 118 valence electrons. The van der Waals surface area contributed by atoms with E-state index in [1.54, 1.807) is 0 Å². The molecule has 0 aromatic heterocycles. The van der Waals surface area contributed by atoms with Crippen LogP contribution in [0.1, 0.15) is 22.8 Å². The van der Waals surface area contributed by atoms with Crippen molar-refractivity contribution in [2.24, 2.45) is 0 Å².